The molecule has 0 radical (unpaired) electrons. The second-order valence-corrected chi connectivity index (χ2v) is 5.88. The van der Waals surface area contributed by atoms with Crippen molar-refractivity contribution in [1.82, 2.24) is 14.5 Å². The molecule has 3 rings (SSSR count). The Kier molecular flexibility index (Phi) is 4.31. The van der Waals surface area contributed by atoms with Crippen LogP contribution < -0.4 is 11.3 Å². The quantitative estimate of drug-likeness (QED) is 0.791. The van der Waals surface area contributed by atoms with Crippen molar-refractivity contribution in [3.05, 3.63) is 64.7 Å². The molecule has 0 saturated heterocycles. The van der Waals surface area contributed by atoms with E-state index in [1.807, 2.05) is 13.8 Å². The number of nitrogens with two attached hydrogens (primary N) is 1. The first-order chi connectivity index (χ1) is 11.9. The molecule has 0 bridgehead atoms. The van der Waals surface area contributed by atoms with Crippen LogP contribution in [-0.4, -0.2) is 14.5 Å². The van der Waals surface area contributed by atoms with Crippen LogP contribution in [0.3, 0.4) is 0 Å². The van der Waals surface area contributed by atoms with Crippen LogP contribution in [0.4, 0.5) is 14.6 Å². The number of halogens is 2. The summed E-state index contributed by atoms with van der Waals surface area (Å²) in [5.74, 6) is -1.78. The van der Waals surface area contributed by atoms with E-state index >= 15 is 0 Å². The van der Waals surface area contributed by atoms with Gasteiger partial charge in [-0.05, 0) is 38.1 Å². The summed E-state index contributed by atoms with van der Waals surface area (Å²) in [6, 6.07) is 6.48. The molecule has 2 heterocycles. The first-order valence-electron chi connectivity index (χ1n) is 7.67. The Bertz CT molecular complexity index is 999. The molecule has 7 heteroatoms. The fourth-order valence-corrected chi connectivity index (χ4v) is 2.51. The average Bonchev–Trinajstić information content (AvgIpc) is 2.57. The van der Waals surface area contributed by atoms with Gasteiger partial charge in [0.25, 0.3) is 5.56 Å². The lowest BCUT2D eigenvalue weighted by atomic mass is 10.0. The number of anilines is 1. The van der Waals surface area contributed by atoms with Crippen LogP contribution in [0.2, 0.25) is 0 Å². The third-order valence-corrected chi connectivity index (χ3v) is 3.75. The van der Waals surface area contributed by atoms with Crippen LogP contribution in [0.15, 0.2) is 47.5 Å². The molecule has 0 unspecified atom stereocenters. The third kappa shape index (κ3) is 3.26. The second kappa shape index (κ2) is 6.43. The maximum atomic E-state index is 13.6. The summed E-state index contributed by atoms with van der Waals surface area (Å²) in [5, 5.41) is 0. The highest BCUT2D eigenvalue weighted by molar-refractivity contribution is 5.78. The lowest BCUT2D eigenvalue weighted by Crippen LogP contribution is -2.20. The van der Waals surface area contributed by atoms with Gasteiger partial charge in [0.2, 0.25) is 0 Å². The number of nitrogen functional groups attached to an aromatic ring is 1. The molecule has 0 aliphatic heterocycles. The molecule has 2 N–H and O–H groups in total. The molecule has 25 heavy (non-hydrogen) atoms. The standard InChI is InChI=1S/C18H16F2N4O/c1-10(2)24-9-12(4-6-16(24)25)17-18(23-15(21)8-22-17)11-3-5-13(19)14(20)7-11/h3-10H,1-2H3,(H2,21,23). The highest BCUT2D eigenvalue weighted by Gasteiger charge is 2.15. The number of benzene rings is 1. The monoisotopic (exact) mass is 342 g/mol. The molecule has 0 spiro atoms. The molecule has 0 fully saturated rings. The molecule has 0 aliphatic rings. The number of aromatic nitrogens is 3. The van der Waals surface area contributed by atoms with Crippen molar-refractivity contribution in [1.29, 1.82) is 0 Å². The Morgan fingerprint density at radius 2 is 1.76 bits per heavy atom. The van der Waals surface area contributed by atoms with Gasteiger partial charge < -0.3 is 10.3 Å². The number of rotatable bonds is 3. The highest BCUT2D eigenvalue weighted by Crippen LogP contribution is 2.30. The summed E-state index contributed by atoms with van der Waals surface area (Å²) in [4.78, 5) is 20.5. The minimum atomic E-state index is -0.986. The molecule has 0 saturated carbocycles. The van der Waals surface area contributed by atoms with Gasteiger partial charge >= 0.3 is 0 Å². The van der Waals surface area contributed by atoms with E-state index in [1.54, 1.807) is 16.8 Å². The fourth-order valence-electron chi connectivity index (χ4n) is 2.51. The van der Waals surface area contributed by atoms with E-state index in [4.69, 9.17) is 5.73 Å². The highest BCUT2D eigenvalue weighted by atomic mass is 19.2. The number of hydrogen-bond donors (Lipinski definition) is 1. The molecular weight excluding hydrogens is 326 g/mol. The number of hydrogen-bond acceptors (Lipinski definition) is 4. The summed E-state index contributed by atoms with van der Waals surface area (Å²) in [5.41, 5.74) is 7.28. The Morgan fingerprint density at radius 1 is 1.04 bits per heavy atom. The van der Waals surface area contributed by atoms with Crippen molar-refractivity contribution >= 4 is 5.82 Å². The van der Waals surface area contributed by atoms with Gasteiger partial charge in [-0.15, -0.1) is 0 Å². The van der Waals surface area contributed by atoms with Crippen LogP contribution in [0.1, 0.15) is 19.9 Å². The van der Waals surface area contributed by atoms with E-state index in [2.05, 4.69) is 9.97 Å². The van der Waals surface area contributed by atoms with Crippen LogP contribution in [0.25, 0.3) is 22.5 Å². The Labute approximate surface area is 142 Å². The van der Waals surface area contributed by atoms with Crippen molar-refractivity contribution in [3.63, 3.8) is 0 Å². The van der Waals surface area contributed by atoms with Gasteiger partial charge in [0, 0.05) is 29.4 Å². The summed E-state index contributed by atoms with van der Waals surface area (Å²) in [6.07, 6.45) is 3.04. The van der Waals surface area contributed by atoms with Gasteiger partial charge in [0.05, 0.1) is 17.6 Å². The molecule has 2 aromatic heterocycles. The van der Waals surface area contributed by atoms with Crippen LogP contribution in [0.5, 0.6) is 0 Å². The van der Waals surface area contributed by atoms with E-state index in [0.29, 0.717) is 22.5 Å². The van der Waals surface area contributed by atoms with Crippen molar-refractivity contribution in [2.45, 2.75) is 19.9 Å². The molecule has 5 nitrogen and oxygen atoms in total. The largest absolute Gasteiger partial charge is 0.382 e. The Balaban J connectivity index is 2.23. The maximum Gasteiger partial charge on any atom is 0.250 e. The van der Waals surface area contributed by atoms with E-state index in [1.165, 1.54) is 18.3 Å². The fraction of sp³-hybridized carbons (Fsp3) is 0.167. The maximum absolute atomic E-state index is 13.6. The number of nitrogens with zero attached hydrogens (tertiary/aromatic N) is 3. The minimum absolute atomic E-state index is 0.0408. The predicted molar refractivity (Wildman–Crippen MR) is 91.9 cm³/mol. The number of pyridine rings is 1. The molecule has 128 valence electrons. The lowest BCUT2D eigenvalue weighted by molar-refractivity contribution is 0.509. The molecule has 0 aliphatic carbocycles. The molecule has 0 amide bonds. The van der Waals surface area contributed by atoms with E-state index in [0.717, 1.165) is 12.1 Å². The van der Waals surface area contributed by atoms with Crippen molar-refractivity contribution in [2.75, 3.05) is 5.73 Å². The van der Waals surface area contributed by atoms with Crippen molar-refractivity contribution in [3.8, 4) is 22.5 Å². The summed E-state index contributed by atoms with van der Waals surface area (Å²) >= 11 is 0. The second-order valence-electron chi connectivity index (χ2n) is 5.88. The molecule has 3 aromatic rings. The normalized spacial score (nSPS) is 11.1. The summed E-state index contributed by atoms with van der Waals surface area (Å²) in [6.45, 7) is 3.77. The lowest BCUT2D eigenvalue weighted by Gasteiger charge is -2.13. The van der Waals surface area contributed by atoms with Crippen molar-refractivity contribution in [2.24, 2.45) is 0 Å². The van der Waals surface area contributed by atoms with Gasteiger partial charge in [-0.2, -0.15) is 0 Å². The zero-order valence-electron chi connectivity index (χ0n) is 13.7. The third-order valence-electron chi connectivity index (χ3n) is 3.75. The Hall–Kier alpha value is -3.09. The van der Waals surface area contributed by atoms with Crippen LogP contribution in [-0.2, 0) is 0 Å². The predicted octanol–water partition coefficient (Wildman–Crippen LogP) is 3.41. The van der Waals surface area contributed by atoms with Crippen LogP contribution >= 0.6 is 0 Å². The first-order valence-corrected chi connectivity index (χ1v) is 7.67. The molecule has 1 aromatic carbocycles. The zero-order chi connectivity index (χ0) is 18.1. The smallest absolute Gasteiger partial charge is 0.250 e. The average molecular weight is 342 g/mol. The SMILES string of the molecule is CC(C)n1cc(-c2ncc(N)nc2-c2ccc(F)c(F)c2)ccc1=O. The van der Waals surface area contributed by atoms with Gasteiger partial charge in [-0.25, -0.2) is 13.8 Å². The van der Waals surface area contributed by atoms with E-state index in [-0.39, 0.29) is 17.4 Å². The molecule has 0 atom stereocenters. The van der Waals surface area contributed by atoms with E-state index in [9.17, 15) is 13.6 Å². The zero-order valence-corrected chi connectivity index (χ0v) is 13.7. The Morgan fingerprint density at radius 3 is 2.44 bits per heavy atom. The van der Waals surface area contributed by atoms with Gasteiger partial charge in [-0.3, -0.25) is 9.78 Å². The van der Waals surface area contributed by atoms with Gasteiger partial charge in [-0.1, -0.05) is 0 Å². The molecular formula is C18H16F2N4O. The van der Waals surface area contributed by atoms with Gasteiger partial charge in [0.15, 0.2) is 11.6 Å². The summed E-state index contributed by atoms with van der Waals surface area (Å²) < 4.78 is 28.4. The first kappa shape index (κ1) is 16.8. The van der Waals surface area contributed by atoms with Gasteiger partial charge in [0.1, 0.15) is 5.82 Å². The van der Waals surface area contributed by atoms with E-state index < -0.39 is 11.6 Å². The van der Waals surface area contributed by atoms with Crippen LogP contribution in [0, 0.1) is 11.6 Å². The summed E-state index contributed by atoms with van der Waals surface area (Å²) in [7, 11) is 0. The van der Waals surface area contributed by atoms with Crippen molar-refractivity contribution < 1.29 is 8.78 Å². The topological polar surface area (TPSA) is 73.8 Å². The minimum Gasteiger partial charge on any atom is -0.382 e.